The molecule has 4 rings (SSSR count). The minimum Gasteiger partial charge on any atom is -0.309 e. The zero-order valence-electron chi connectivity index (χ0n) is 17.9. The maximum atomic E-state index is 12.2. The number of aromatic nitrogens is 5. The zero-order chi connectivity index (χ0) is 22.3. The van der Waals surface area contributed by atoms with Crippen molar-refractivity contribution >= 4 is 23.5 Å². The largest absolute Gasteiger partial charge is 0.309 e. The fraction of sp³-hybridized carbons (Fsp3) is 0.348. The molecule has 1 fully saturated rings. The smallest absolute Gasteiger partial charge is 0.231 e. The minimum absolute atomic E-state index is 0.167. The van der Waals surface area contributed by atoms with Crippen LogP contribution in [0.15, 0.2) is 48.7 Å². The standard InChI is InChI=1S/C23H25N7O2/c1-15(31)25-21-10-8-19(27-29-21)16-5-4-6-17(13-16)20-9-11-22(30-28-20)26-23(32)14-18-7-2-3-12-24-18/h2-3,7-12,16-17H,4-6,13-14H2,1H3,(H,25,29,31)(H,26,30,32)/t16-,17-/m1/s1. The number of hydrogen-bond acceptors (Lipinski definition) is 7. The Morgan fingerprint density at radius 3 is 2.06 bits per heavy atom. The number of nitrogens with one attached hydrogen (secondary N) is 2. The van der Waals surface area contributed by atoms with Gasteiger partial charge in [0.05, 0.1) is 17.8 Å². The number of nitrogens with zero attached hydrogens (tertiary/aromatic N) is 5. The SMILES string of the molecule is CC(=O)Nc1ccc([C@@H]2CCC[C@@H](c3ccc(NC(=O)Cc4ccccn4)nn3)C2)nn1. The van der Waals surface area contributed by atoms with Gasteiger partial charge in [-0.3, -0.25) is 14.6 Å². The molecule has 0 spiro atoms. The molecule has 32 heavy (non-hydrogen) atoms. The predicted molar refractivity (Wildman–Crippen MR) is 119 cm³/mol. The van der Waals surface area contributed by atoms with Gasteiger partial charge in [-0.1, -0.05) is 12.5 Å². The first kappa shape index (κ1) is 21.5. The van der Waals surface area contributed by atoms with E-state index in [2.05, 4.69) is 36.0 Å². The first-order valence-electron chi connectivity index (χ1n) is 10.7. The molecule has 164 valence electrons. The van der Waals surface area contributed by atoms with Crippen LogP contribution in [0.3, 0.4) is 0 Å². The fourth-order valence-corrected chi connectivity index (χ4v) is 4.02. The molecule has 0 unspecified atom stereocenters. The van der Waals surface area contributed by atoms with Gasteiger partial charge >= 0.3 is 0 Å². The highest BCUT2D eigenvalue weighted by Gasteiger charge is 2.26. The molecule has 0 aliphatic heterocycles. The first-order chi connectivity index (χ1) is 15.6. The van der Waals surface area contributed by atoms with Crippen molar-refractivity contribution in [3.63, 3.8) is 0 Å². The Bertz CT molecular complexity index is 1060. The maximum Gasteiger partial charge on any atom is 0.231 e. The highest BCUT2D eigenvalue weighted by molar-refractivity contribution is 5.91. The van der Waals surface area contributed by atoms with Crippen molar-refractivity contribution in [2.24, 2.45) is 0 Å². The average Bonchev–Trinajstić information content (AvgIpc) is 2.80. The van der Waals surface area contributed by atoms with E-state index in [1.165, 1.54) is 6.92 Å². The van der Waals surface area contributed by atoms with Crippen molar-refractivity contribution in [2.75, 3.05) is 10.6 Å². The topological polar surface area (TPSA) is 123 Å². The maximum absolute atomic E-state index is 12.2. The second-order valence-electron chi connectivity index (χ2n) is 7.97. The fourth-order valence-electron chi connectivity index (χ4n) is 4.02. The average molecular weight is 432 g/mol. The molecule has 1 aliphatic carbocycles. The van der Waals surface area contributed by atoms with Gasteiger partial charge in [0.1, 0.15) is 0 Å². The van der Waals surface area contributed by atoms with Crippen LogP contribution in [0.2, 0.25) is 0 Å². The highest BCUT2D eigenvalue weighted by atomic mass is 16.2. The summed E-state index contributed by atoms with van der Waals surface area (Å²) in [6.45, 7) is 1.44. The van der Waals surface area contributed by atoms with Gasteiger partial charge in [-0.25, -0.2) is 0 Å². The number of anilines is 2. The number of carbonyl (C=O) groups is 2. The highest BCUT2D eigenvalue weighted by Crippen LogP contribution is 2.39. The normalized spacial score (nSPS) is 18.0. The number of rotatable bonds is 6. The van der Waals surface area contributed by atoms with Crippen molar-refractivity contribution < 1.29 is 9.59 Å². The van der Waals surface area contributed by atoms with Crippen molar-refractivity contribution in [3.8, 4) is 0 Å². The lowest BCUT2D eigenvalue weighted by atomic mass is 9.78. The molecule has 9 heteroatoms. The molecule has 0 saturated heterocycles. The minimum atomic E-state index is -0.176. The Morgan fingerprint density at radius 1 is 0.875 bits per heavy atom. The van der Waals surface area contributed by atoms with Gasteiger partial charge in [0.2, 0.25) is 11.8 Å². The van der Waals surface area contributed by atoms with Gasteiger partial charge in [0.15, 0.2) is 11.6 Å². The summed E-state index contributed by atoms with van der Waals surface area (Å²) in [5.74, 6) is 1.11. The summed E-state index contributed by atoms with van der Waals surface area (Å²) in [4.78, 5) is 27.5. The summed E-state index contributed by atoms with van der Waals surface area (Å²) >= 11 is 0. The van der Waals surface area contributed by atoms with Gasteiger partial charge in [0, 0.05) is 30.7 Å². The molecule has 9 nitrogen and oxygen atoms in total. The van der Waals surface area contributed by atoms with Gasteiger partial charge in [-0.15, -0.1) is 10.2 Å². The van der Waals surface area contributed by atoms with E-state index in [0.717, 1.165) is 37.1 Å². The number of pyridine rings is 1. The lowest BCUT2D eigenvalue weighted by molar-refractivity contribution is -0.116. The summed E-state index contributed by atoms with van der Waals surface area (Å²) < 4.78 is 0. The Hall–Kier alpha value is -3.75. The summed E-state index contributed by atoms with van der Waals surface area (Å²) in [7, 11) is 0. The van der Waals surface area contributed by atoms with E-state index in [4.69, 9.17) is 0 Å². The monoisotopic (exact) mass is 431 g/mol. The second-order valence-corrected chi connectivity index (χ2v) is 7.97. The van der Waals surface area contributed by atoms with E-state index >= 15 is 0 Å². The molecule has 0 bridgehead atoms. The van der Waals surface area contributed by atoms with Crippen LogP contribution in [0.4, 0.5) is 11.6 Å². The molecule has 1 aliphatic rings. The summed E-state index contributed by atoms with van der Waals surface area (Å²) in [6, 6.07) is 12.9. The zero-order valence-corrected chi connectivity index (χ0v) is 17.9. The lowest BCUT2D eigenvalue weighted by Crippen LogP contribution is -2.18. The molecule has 0 radical (unpaired) electrons. The third kappa shape index (κ3) is 5.69. The van der Waals surface area contributed by atoms with Crippen molar-refractivity contribution in [1.82, 2.24) is 25.4 Å². The molecule has 2 amide bonds. The molecule has 2 N–H and O–H groups in total. The van der Waals surface area contributed by atoms with E-state index in [-0.39, 0.29) is 30.1 Å². The van der Waals surface area contributed by atoms with Crippen LogP contribution in [0, 0.1) is 0 Å². The Kier molecular flexibility index (Phi) is 6.74. The molecule has 3 aromatic heterocycles. The molecular weight excluding hydrogens is 406 g/mol. The van der Waals surface area contributed by atoms with Gasteiger partial charge in [-0.05, 0) is 55.7 Å². The molecular formula is C23H25N7O2. The molecule has 1 saturated carbocycles. The third-order valence-electron chi connectivity index (χ3n) is 5.52. The van der Waals surface area contributed by atoms with Gasteiger partial charge in [-0.2, -0.15) is 10.2 Å². The van der Waals surface area contributed by atoms with Crippen LogP contribution in [0.1, 0.15) is 61.5 Å². The van der Waals surface area contributed by atoms with E-state index in [9.17, 15) is 9.59 Å². The van der Waals surface area contributed by atoms with Crippen LogP contribution >= 0.6 is 0 Å². The quantitative estimate of drug-likeness (QED) is 0.614. The molecule has 3 heterocycles. The first-order valence-corrected chi connectivity index (χ1v) is 10.7. The van der Waals surface area contributed by atoms with E-state index < -0.39 is 0 Å². The second kappa shape index (κ2) is 10.0. The molecule has 0 aromatic carbocycles. The molecule has 3 aromatic rings. The molecule has 2 atom stereocenters. The Labute approximate surface area is 186 Å². The van der Waals surface area contributed by atoms with Gasteiger partial charge < -0.3 is 10.6 Å². The predicted octanol–water partition coefficient (Wildman–Crippen LogP) is 3.24. The van der Waals surface area contributed by atoms with Crippen molar-refractivity contribution in [2.45, 2.75) is 50.9 Å². The van der Waals surface area contributed by atoms with E-state index in [1.807, 2.05) is 30.3 Å². The Morgan fingerprint density at radius 2 is 1.53 bits per heavy atom. The third-order valence-corrected chi connectivity index (χ3v) is 5.52. The summed E-state index contributed by atoms with van der Waals surface area (Å²) in [5.41, 5.74) is 2.55. The number of carbonyl (C=O) groups excluding carboxylic acids is 2. The van der Waals surface area contributed by atoms with Crippen LogP contribution < -0.4 is 10.6 Å². The van der Waals surface area contributed by atoms with Crippen molar-refractivity contribution in [1.29, 1.82) is 0 Å². The Balaban J connectivity index is 1.35. The summed E-state index contributed by atoms with van der Waals surface area (Å²) in [5, 5.41) is 22.4. The van der Waals surface area contributed by atoms with Gasteiger partial charge in [0.25, 0.3) is 0 Å². The number of hydrogen-bond donors (Lipinski definition) is 2. The summed E-state index contributed by atoms with van der Waals surface area (Å²) in [6.07, 6.45) is 5.91. The van der Waals surface area contributed by atoms with E-state index in [1.54, 1.807) is 18.3 Å². The van der Waals surface area contributed by atoms with E-state index in [0.29, 0.717) is 17.3 Å². The van der Waals surface area contributed by atoms with Crippen LogP contribution in [0.5, 0.6) is 0 Å². The number of amides is 2. The van der Waals surface area contributed by atoms with Crippen LogP contribution in [-0.2, 0) is 16.0 Å². The van der Waals surface area contributed by atoms with Crippen LogP contribution in [0.25, 0.3) is 0 Å². The van der Waals surface area contributed by atoms with Crippen LogP contribution in [-0.4, -0.2) is 37.2 Å². The lowest BCUT2D eigenvalue weighted by Gasteiger charge is -2.28. The van der Waals surface area contributed by atoms with Crippen molar-refractivity contribution in [3.05, 3.63) is 65.7 Å².